The molecule has 0 bridgehead atoms. The van der Waals surface area contributed by atoms with E-state index in [0.29, 0.717) is 6.42 Å². The average molecular weight is 285 g/mol. The molecule has 0 aromatic carbocycles. The smallest absolute Gasteiger partial charge is 0.323 e. The van der Waals surface area contributed by atoms with Crippen molar-refractivity contribution < 1.29 is 14.6 Å². The highest BCUT2D eigenvalue weighted by Gasteiger charge is 2.32. The molecule has 0 amide bonds. The molecule has 1 aliphatic carbocycles. The van der Waals surface area contributed by atoms with E-state index in [1.165, 1.54) is 25.7 Å². The Labute approximate surface area is 123 Å². The number of hydrogen-bond donors (Lipinski definition) is 2. The van der Waals surface area contributed by atoms with Crippen molar-refractivity contribution in [1.29, 1.82) is 0 Å². The third-order valence-electron chi connectivity index (χ3n) is 4.19. The van der Waals surface area contributed by atoms with Crippen LogP contribution in [0.25, 0.3) is 0 Å². The number of unbranched alkanes of at least 4 members (excludes halogenated alkanes) is 1. The first-order chi connectivity index (χ1) is 9.44. The fourth-order valence-electron chi connectivity index (χ4n) is 2.69. The monoisotopic (exact) mass is 285 g/mol. The van der Waals surface area contributed by atoms with Crippen LogP contribution in [0, 0.1) is 5.92 Å². The van der Waals surface area contributed by atoms with Gasteiger partial charge >= 0.3 is 5.97 Å². The van der Waals surface area contributed by atoms with E-state index in [1.807, 2.05) is 13.8 Å². The van der Waals surface area contributed by atoms with Gasteiger partial charge in [0.15, 0.2) is 0 Å². The predicted molar refractivity (Wildman–Crippen MR) is 80.9 cm³/mol. The van der Waals surface area contributed by atoms with E-state index in [9.17, 15) is 9.90 Å². The maximum Gasteiger partial charge on any atom is 0.323 e. The van der Waals surface area contributed by atoms with Crippen LogP contribution in [0.1, 0.15) is 65.7 Å². The molecule has 0 heterocycles. The maximum absolute atomic E-state index is 11.3. The van der Waals surface area contributed by atoms with Crippen LogP contribution in [-0.2, 0) is 9.53 Å². The fraction of sp³-hybridized carbons (Fsp3) is 0.938. The summed E-state index contributed by atoms with van der Waals surface area (Å²) >= 11 is 0. The minimum absolute atomic E-state index is 0.176. The van der Waals surface area contributed by atoms with Crippen LogP contribution in [0.3, 0.4) is 0 Å². The van der Waals surface area contributed by atoms with Gasteiger partial charge in [-0.05, 0) is 52.4 Å². The van der Waals surface area contributed by atoms with E-state index in [0.717, 1.165) is 32.0 Å². The Hall–Kier alpha value is -0.610. The minimum Gasteiger partial charge on any atom is -0.480 e. The van der Waals surface area contributed by atoms with E-state index < -0.39 is 11.5 Å². The quantitative estimate of drug-likeness (QED) is 0.572. The van der Waals surface area contributed by atoms with E-state index in [-0.39, 0.29) is 6.04 Å². The fourth-order valence-corrected chi connectivity index (χ4v) is 2.69. The number of ether oxygens (including phenoxy) is 1. The molecule has 1 atom stereocenters. The van der Waals surface area contributed by atoms with Gasteiger partial charge in [0.1, 0.15) is 5.54 Å². The van der Waals surface area contributed by atoms with Gasteiger partial charge in [-0.25, -0.2) is 0 Å². The molecule has 4 nitrogen and oxygen atoms in total. The Kier molecular flexibility index (Phi) is 7.52. The average Bonchev–Trinajstić information content (AvgIpc) is 2.29. The van der Waals surface area contributed by atoms with Crippen molar-refractivity contribution in [3.05, 3.63) is 0 Å². The van der Waals surface area contributed by atoms with Crippen LogP contribution in [0.2, 0.25) is 0 Å². The first kappa shape index (κ1) is 17.4. The molecular weight excluding hydrogens is 254 g/mol. The molecule has 1 fully saturated rings. The van der Waals surface area contributed by atoms with Crippen molar-refractivity contribution >= 4 is 5.97 Å². The SMILES string of the molecule is CC(C)NC(C)(CCCCOCCC1CCC1)C(=O)O. The molecule has 0 radical (unpaired) electrons. The maximum atomic E-state index is 11.3. The van der Waals surface area contributed by atoms with Gasteiger partial charge in [0.05, 0.1) is 0 Å². The molecule has 1 saturated carbocycles. The first-order valence-corrected chi connectivity index (χ1v) is 8.03. The summed E-state index contributed by atoms with van der Waals surface area (Å²) in [4.78, 5) is 11.3. The number of aliphatic carboxylic acids is 1. The summed E-state index contributed by atoms with van der Waals surface area (Å²) in [5.74, 6) is 0.137. The lowest BCUT2D eigenvalue weighted by molar-refractivity contribution is -0.144. The Bertz CT molecular complexity index is 289. The third-order valence-corrected chi connectivity index (χ3v) is 4.19. The zero-order valence-electron chi connectivity index (χ0n) is 13.3. The van der Waals surface area contributed by atoms with Crippen molar-refractivity contribution in [3.8, 4) is 0 Å². The minimum atomic E-state index is -0.819. The number of rotatable bonds is 11. The van der Waals surface area contributed by atoms with Gasteiger partial charge in [-0.15, -0.1) is 0 Å². The summed E-state index contributed by atoms with van der Waals surface area (Å²) < 4.78 is 5.63. The standard InChI is InChI=1S/C16H31NO3/c1-13(2)17-16(3,15(18)19)10-4-5-11-20-12-9-14-7-6-8-14/h13-14,17H,4-12H2,1-3H3,(H,18,19). The molecule has 1 aliphatic rings. The Morgan fingerprint density at radius 1 is 1.35 bits per heavy atom. The second-order valence-corrected chi connectivity index (χ2v) is 6.59. The van der Waals surface area contributed by atoms with Gasteiger partial charge in [0, 0.05) is 19.3 Å². The molecule has 118 valence electrons. The van der Waals surface area contributed by atoms with E-state index in [1.54, 1.807) is 6.92 Å². The highest BCUT2D eigenvalue weighted by molar-refractivity contribution is 5.78. The van der Waals surface area contributed by atoms with Gasteiger partial charge in [-0.3, -0.25) is 10.1 Å². The molecular formula is C16H31NO3. The van der Waals surface area contributed by atoms with Crippen molar-refractivity contribution in [1.82, 2.24) is 5.32 Å². The first-order valence-electron chi connectivity index (χ1n) is 8.03. The summed E-state index contributed by atoms with van der Waals surface area (Å²) in [5.41, 5.74) is -0.819. The topological polar surface area (TPSA) is 58.6 Å². The second-order valence-electron chi connectivity index (χ2n) is 6.59. The molecule has 0 aromatic rings. The Morgan fingerprint density at radius 3 is 2.55 bits per heavy atom. The molecule has 0 aliphatic heterocycles. The number of nitrogens with one attached hydrogen (secondary N) is 1. The summed E-state index contributed by atoms with van der Waals surface area (Å²) in [6.45, 7) is 7.34. The summed E-state index contributed by atoms with van der Waals surface area (Å²) in [6, 6.07) is 0.176. The van der Waals surface area contributed by atoms with Crippen molar-refractivity contribution in [2.24, 2.45) is 5.92 Å². The zero-order chi connectivity index (χ0) is 15.0. The van der Waals surface area contributed by atoms with Crippen molar-refractivity contribution in [3.63, 3.8) is 0 Å². The highest BCUT2D eigenvalue weighted by atomic mass is 16.5. The molecule has 0 saturated heterocycles. The van der Waals surface area contributed by atoms with Gasteiger partial charge in [-0.2, -0.15) is 0 Å². The lowest BCUT2D eigenvalue weighted by atomic mass is 9.83. The van der Waals surface area contributed by atoms with Crippen LogP contribution in [0.15, 0.2) is 0 Å². The van der Waals surface area contributed by atoms with Crippen LogP contribution in [0.4, 0.5) is 0 Å². The van der Waals surface area contributed by atoms with E-state index in [2.05, 4.69) is 5.32 Å². The number of carboxylic acid groups (broad SMARTS) is 1. The largest absolute Gasteiger partial charge is 0.480 e. The van der Waals surface area contributed by atoms with Crippen LogP contribution < -0.4 is 5.32 Å². The van der Waals surface area contributed by atoms with Gasteiger partial charge in [0.2, 0.25) is 0 Å². The molecule has 20 heavy (non-hydrogen) atoms. The van der Waals surface area contributed by atoms with Crippen LogP contribution in [-0.4, -0.2) is 35.9 Å². The third kappa shape index (κ3) is 6.23. The lowest BCUT2D eigenvalue weighted by Gasteiger charge is -2.28. The van der Waals surface area contributed by atoms with E-state index in [4.69, 9.17) is 4.74 Å². The van der Waals surface area contributed by atoms with Gasteiger partial charge in [-0.1, -0.05) is 19.3 Å². The number of hydrogen-bond acceptors (Lipinski definition) is 3. The summed E-state index contributed by atoms with van der Waals surface area (Å²) in [7, 11) is 0. The molecule has 1 unspecified atom stereocenters. The Morgan fingerprint density at radius 2 is 2.05 bits per heavy atom. The molecule has 2 N–H and O–H groups in total. The predicted octanol–water partition coefficient (Wildman–Crippen LogP) is 3.20. The van der Waals surface area contributed by atoms with Crippen molar-refractivity contribution in [2.75, 3.05) is 13.2 Å². The zero-order valence-corrected chi connectivity index (χ0v) is 13.3. The number of carbonyl (C=O) groups is 1. The molecule has 4 heteroatoms. The molecule has 1 rings (SSSR count). The molecule has 0 aromatic heterocycles. The van der Waals surface area contributed by atoms with Gasteiger partial charge in [0.25, 0.3) is 0 Å². The summed E-state index contributed by atoms with van der Waals surface area (Å²) in [5, 5.41) is 12.5. The van der Waals surface area contributed by atoms with Crippen LogP contribution in [0.5, 0.6) is 0 Å². The number of carboxylic acids is 1. The van der Waals surface area contributed by atoms with Gasteiger partial charge < -0.3 is 9.84 Å². The molecule has 0 spiro atoms. The van der Waals surface area contributed by atoms with Crippen molar-refractivity contribution in [2.45, 2.75) is 77.3 Å². The summed E-state index contributed by atoms with van der Waals surface area (Å²) in [6.07, 6.45) is 7.80. The highest BCUT2D eigenvalue weighted by Crippen LogP contribution is 2.29. The second kappa shape index (κ2) is 8.63. The van der Waals surface area contributed by atoms with Crippen LogP contribution >= 0.6 is 0 Å². The Balaban J connectivity index is 2.06. The van der Waals surface area contributed by atoms with E-state index >= 15 is 0 Å². The normalized spacial score (nSPS) is 18.8. The lowest BCUT2D eigenvalue weighted by Crippen LogP contribution is -2.52.